The third-order valence-electron chi connectivity index (χ3n) is 6.15. The Bertz CT molecular complexity index is 1030. The van der Waals surface area contributed by atoms with Crippen molar-refractivity contribution in [2.75, 3.05) is 32.8 Å². The first kappa shape index (κ1) is 25.4. The number of aliphatic hydroxyl groups excluding tert-OH is 1. The highest BCUT2D eigenvalue weighted by Gasteiger charge is 2.46. The Balaban J connectivity index is 2.06. The summed E-state index contributed by atoms with van der Waals surface area (Å²) in [6.45, 7) is 9.30. The number of Topliss-reactive ketones (excluding diaryl/α,β-unsaturated/α-hetero) is 1. The number of likely N-dealkylation sites (N-methyl/N-ethyl adjacent to an activating group) is 1. The topological polar surface area (TPSA) is 70.1 Å². The fourth-order valence-corrected chi connectivity index (χ4v) is 4.12. The minimum absolute atomic E-state index is 0.00173. The van der Waals surface area contributed by atoms with Crippen molar-refractivity contribution in [3.63, 3.8) is 0 Å². The van der Waals surface area contributed by atoms with E-state index in [1.165, 1.54) is 29.2 Å². The molecule has 6 nitrogen and oxygen atoms in total. The molecule has 2 aromatic rings. The SMILES string of the molecule is CCCCOc1cccc(C2/C(=C(\O)c3ccc(F)cc3)C(=O)C(=O)N2CCN(CC)CC)c1. The molecule has 2 aromatic carbocycles. The van der Waals surface area contributed by atoms with E-state index in [-0.39, 0.29) is 16.9 Å². The van der Waals surface area contributed by atoms with Gasteiger partial charge in [-0.1, -0.05) is 39.3 Å². The van der Waals surface area contributed by atoms with Crippen molar-refractivity contribution in [3.05, 3.63) is 71.0 Å². The van der Waals surface area contributed by atoms with Crippen LogP contribution in [0.5, 0.6) is 5.75 Å². The van der Waals surface area contributed by atoms with Gasteiger partial charge in [-0.05, 0) is 61.5 Å². The number of rotatable bonds is 11. The summed E-state index contributed by atoms with van der Waals surface area (Å²) in [7, 11) is 0. The highest BCUT2D eigenvalue weighted by Crippen LogP contribution is 2.40. The molecule has 1 saturated heterocycles. The lowest BCUT2D eigenvalue weighted by atomic mass is 9.95. The van der Waals surface area contributed by atoms with E-state index in [1.54, 1.807) is 0 Å². The second-order valence-corrected chi connectivity index (χ2v) is 8.30. The first-order valence-corrected chi connectivity index (χ1v) is 11.9. The summed E-state index contributed by atoms with van der Waals surface area (Å²) in [5.74, 6) is -1.53. The van der Waals surface area contributed by atoms with Crippen LogP contribution in [0.1, 0.15) is 50.8 Å². The molecule has 1 amide bonds. The molecule has 7 heteroatoms. The van der Waals surface area contributed by atoms with E-state index in [2.05, 4.69) is 11.8 Å². The molecule has 34 heavy (non-hydrogen) atoms. The van der Waals surface area contributed by atoms with Gasteiger partial charge >= 0.3 is 0 Å². The predicted octanol–water partition coefficient (Wildman–Crippen LogP) is 4.77. The van der Waals surface area contributed by atoms with E-state index in [1.807, 2.05) is 38.1 Å². The smallest absolute Gasteiger partial charge is 0.295 e. The summed E-state index contributed by atoms with van der Waals surface area (Å²) >= 11 is 0. The highest BCUT2D eigenvalue weighted by atomic mass is 19.1. The lowest BCUT2D eigenvalue weighted by molar-refractivity contribution is -0.140. The van der Waals surface area contributed by atoms with Crippen molar-refractivity contribution in [3.8, 4) is 5.75 Å². The van der Waals surface area contributed by atoms with E-state index in [0.717, 1.165) is 25.9 Å². The number of likely N-dealkylation sites (tertiary alicyclic amines) is 1. The highest BCUT2D eigenvalue weighted by molar-refractivity contribution is 6.46. The number of halogens is 1. The largest absolute Gasteiger partial charge is 0.507 e. The van der Waals surface area contributed by atoms with Crippen LogP contribution < -0.4 is 4.74 Å². The van der Waals surface area contributed by atoms with Gasteiger partial charge in [0, 0.05) is 18.7 Å². The molecule has 1 N–H and O–H groups in total. The molecule has 1 aliphatic rings. The fraction of sp³-hybridized carbons (Fsp3) is 0.407. The van der Waals surface area contributed by atoms with Gasteiger partial charge in [0.2, 0.25) is 0 Å². The molecule has 0 bridgehead atoms. The first-order chi connectivity index (χ1) is 16.4. The van der Waals surface area contributed by atoms with Crippen molar-refractivity contribution in [2.24, 2.45) is 0 Å². The van der Waals surface area contributed by atoms with Gasteiger partial charge in [0.25, 0.3) is 11.7 Å². The van der Waals surface area contributed by atoms with Crippen LogP contribution in [0.3, 0.4) is 0 Å². The number of hydrogen-bond acceptors (Lipinski definition) is 5. The normalized spacial score (nSPS) is 17.6. The quantitative estimate of drug-likeness (QED) is 0.223. The third-order valence-corrected chi connectivity index (χ3v) is 6.15. The molecule has 3 rings (SSSR count). The zero-order chi connectivity index (χ0) is 24.7. The van der Waals surface area contributed by atoms with Gasteiger partial charge in [-0.15, -0.1) is 0 Å². The molecule has 0 radical (unpaired) electrons. The van der Waals surface area contributed by atoms with Crippen LogP contribution in [-0.4, -0.2) is 59.4 Å². The molecule has 0 aromatic heterocycles. The van der Waals surface area contributed by atoms with Crippen molar-refractivity contribution in [2.45, 2.75) is 39.7 Å². The Labute approximate surface area is 200 Å². The van der Waals surface area contributed by atoms with Gasteiger partial charge in [0.1, 0.15) is 17.3 Å². The maximum absolute atomic E-state index is 13.4. The summed E-state index contributed by atoms with van der Waals surface area (Å²) in [4.78, 5) is 29.9. The van der Waals surface area contributed by atoms with Crippen LogP contribution >= 0.6 is 0 Å². The second-order valence-electron chi connectivity index (χ2n) is 8.30. The predicted molar refractivity (Wildman–Crippen MR) is 130 cm³/mol. The summed E-state index contributed by atoms with van der Waals surface area (Å²) in [6.07, 6.45) is 1.92. The molecular weight excluding hydrogens is 435 g/mol. The zero-order valence-electron chi connectivity index (χ0n) is 20.1. The number of aliphatic hydroxyl groups is 1. The molecular formula is C27H33FN2O4. The summed E-state index contributed by atoms with van der Waals surface area (Å²) in [5.41, 5.74) is 0.960. The molecule has 1 unspecified atom stereocenters. The average molecular weight is 469 g/mol. The van der Waals surface area contributed by atoms with E-state index in [4.69, 9.17) is 4.74 Å². The monoisotopic (exact) mass is 468 g/mol. The molecule has 1 aliphatic heterocycles. The van der Waals surface area contributed by atoms with Crippen molar-refractivity contribution >= 4 is 17.4 Å². The Morgan fingerprint density at radius 3 is 2.44 bits per heavy atom. The van der Waals surface area contributed by atoms with Crippen LogP contribution in [0.25, 0.3) is 5.76 Å². The summed E-state index contributed by atoms with van der Waals surface area (Å²) in [6, 6.07) is 11.7. The maximum atomic E-state index is 13.4. The number of ketones is 1. The number of carbonyl (C=O) groups excluding carboxylic acids is 2. The van der Waals surface area contributed by atoms with Crippen LogP contribution in [0.2, 0.25) is 0 Å². The number of nitrogens with zero attached hydrogens (tertiary/aromatic N) is 2. The maximum Gasteiger partial charge on any atom is 0.295 e. The molecule has 0 aliphatic carbocycles. The Morgan fingerprint density at radius 2 is 1.79 bits per heavy atom. The fourth-order valence-electron chi connectivity index (χ4n) is 4.12. The molecule has 0 spiro atoms. The number of hydrogen-bond donors (Lipinski definition) is 1. The number of amides is 1. The van der Waals surface area contributed by atoms with Crippen molar-refractivity contribution < 1.29 is 23.8 Å². The number of carbonyl (C=O) groups is 2. The number of unbranched alkanes of at least 4 members (excludes halogenated alkanes) is 1. The summed E-state index contributed by atoms with van der Waals surface area (Å²) < 4.78 is 19.3. The minimum Gasteiger partial charge on any atom is -0.507 e. The van der Waals surface area contributed by atoms with Crippen LogP contribution in [-0.2, 0) is 9.59 Å². The second kappa shape index (κ2) is 11.8. The molecule has 1 atom stereocenters. The van der Waals surface area contributed by atoms with Gasteiger partial charge in [-0.2, -0.15) is 0 Å². The lowest BCUT2D eigenvalue weighted by Crippen LogP contribution is -2.38. The van der Waals surface area contributed by atoms with Crippen LogP contribution in [0.4, 0.5) is 4.39 Å². The van der Waals surface area contributed by atoms with E-state index < -0.39 is 23.5 Å². The Morgan fingerprint density at radius 1 is 1.09 bits per heavy atom. The van der Waals surface area contributed by atoms with Crippen LogP contribution in [0, 0.1) is 5.82 Å². The van der Waals surface area contributed by atoms with Gasteiger partial charge in [0.15, 0.2) is 0 Å². The van der Waals surface area contributed by atoms with Gasteiger partial charge in [0.05, 0.1) is 18.2 Å². The van der Waals surface area contributed by atoms with E-state index in [9.17, 15) is 19.1 Å². The lowest BCUT2D eigenvalue weighted by Gasteiger charge is -2.28. The van der Waals surface area contributed by atoms with Gasteiger partial charge < -0.3 is 19.6 Å². The average Bonchev–Trinajstić information content (AvgIpc) is 3.10. The number of benzene rings is 2. The third kappa shape index (κ3) is 5.65. The van der Waals surface area contributed by atoms with Gasteiger partial charge in [-0.25, -0.2) is 4.39 Å². The molecule has 182 valence electrons. The van der Waals surface area contributed by atoms with E-state index in [0.29, 0.717) is 31.0 Å². The molecule has 0 saturated carbocycles. The van der Waals surface area contributed by atoms with Crippen molar-refractivity contribution in [1.82, 2.24) is 9.80 Å². The van der Waals surface area contributed by atoms with Crippen molar-refractivity contribution in [1.29, 1.82) is 0 Å². The van der Waals surface area contributed by atoms with Gasteiger partial charge in [-0.3, -0.25) is 9.59 Å². The number of ether oxygens (including phenoxy) is 1. The van der Waals surface area contributed by atoms with E-state index >= 15 is 0 Å². The summed E-state index contributed by atoms with van der Waals surface area (Å²) in [5, 5.41) is 11.1. The minimum atomic E-state index is -0.768. The first-order valence-electron chi connectivity index (χ1n) is 11.9. The Hall–Kier alpha value is -3.19. The van der Waals surface area contributed by atoms with Crippen LogP contribution in [0.15, 0.2) is 54.1 Å². The molecule has 1 heterocycles. The Kier molecular flexibility index (Phi) is 8.82. The standard InChI is InChI=1S/C27H33FN2O4/c1-4-7-17-34-22-10-8-9-20(18-22)24-23(25(31)19-11-13-21(28)14-12-19)26(32)27(33)30(24)16-15-29(5-2)6-3/h8-14,18,24,31H,4-7,15-17H2,1-3H3/b25-23+. The zero-order valence-corrected chi connectivity index (χ0v) is 20.1. The molecule has 1 fully saturated rings.